The van der Waals surface area contributed by atoms with Crippen LogP contribution in [-0.4, -0.2) is 14.3 Å². The van der Waals surface area contributed by atoms with Gasteiger partial charge in [-0.05, 0) is 38.1 Å². The van der Waals surface area contributed by atoms with Crippen molar-refractivity contribution in [2.24, 2.45) is 0 Å². The summed E-state index contributed by atoms with van der Waals surface area (Å²) in [5, 5.41) is 11.7. The molecule has 0 aliphatic rings. The number of hydrogen-bond donors (Lipinski definition) is 2. The normalized spacial score (nSPS) is 10.9. The Hall–Kier alpha value is -2.79. The third kappa shape index (κ3) is 3.52. The minimum absolute atomic E-state index is 0.0119. The molecule has 23 heavy (non-hydrogen) atoms. The van der Waals surface area contributed by atoms with Crippen LogP contribution in [0.2, 0.25) is 0 Å². The van der Waals surface area contributed by atoms with Crippen LogP contribution in [0, 0.1) is 25.2 Å². The number of hydrogen-bond acceptors (Lipinski definition) is 5. The maximum absolute atomic E-state index is 12.4. The lowest BCUT2D eigenvalue weighted by atomic mass is 10.2. The number of nitriles is 1. The number of benzene rings is 1. The number of rotatable bonds is 4. The van der Waals surface area contributed by atoms with Gasteiger partial charge in [-0.3, -0.25) is 4.79 Å². The molecule has 1 aromatic heterocycles. The average molecular weight is 333 g/mol. The fraction of sp³-hybridized carbons (Fsp3) is 0.200. The minimum atomic E-state index is -3.90. The molecule has 8 heteroatoms. The van der Waals surface area contributed by atoms with Crippen LogP contribution in [0.25, 0.3) is 0 Å². The molecule has 120 valence electrons. The zero-order chi connectivity index (χ0) is 17.2. The highest BCUT2D eigenvalue weighted by molar-refractivity contribution is 7.92. The molecule has 0 bridgehead atoms. The van der Waals surface area contributed by atoms with Gasteiger partial charge in [-0.25, -0.2) is 13.1 Å². The summed E-state index contributed by atoms with van der Waals surface area (Å²) >= 11 is 0. The van der Waals surface area contributed by atoms with E-state index in [0.29, 0.717) is 17.0 Å². The van der Waals surface area contributed by atoms with Gasteiger partial charge in [0, 0.05) is 18.2 Å². The van der Waals surface area contributed by atoms with Gasteiger partial charge < -0.3 is 9.73 Å². The van der Waals surface area contributed by atoms with E-state index in [2.05, 4.69) is 10.0 Å². The Kier molecular flexibility index (Phi) is 4.43. The molecule has 7 nitrogen and oxygen atoms in total. The predicted molar refractivity (Wildman–Crippen MR) is 84.5 cm³/mol. The fourth-order valence-electron chi connectivity index (χ4n) is 1.94. The number of nitrogens with zero attached hydrogens (tertiary/aromatic N) is 1. The summed E-state index contributed by atoms with van der Waals surface area (Å²) in [6, 6.07) is 7.56. The molecular weight excluding hydrogens is 318 g/mol. The lowest BCUT2D eigenvalue weighted by molar-refractivity contribution is -0.114. The number of carbonyl (C=O) groups excluding carboxylic acids is 1. The van der Waals surface area contributed by atoms with Crippen LogP contribution in [0.5, 0.6) is 0 Å². The lowest BCUT2D eigenvalue weighted by Crippen LogP contribution is -2.13. The number of aryl methyl sites for hydroxylation is 1. The van der Waals surface area contributed by atoms with Gasteiger partial charge in [-0.1, -0.05) is 0 Å². The zero-order valence-corrected chi connectivity index (χ0v) is 13.6. The van der Waals surface area contributed by atoms with E-state index in [1.807, 2.05) is 6.07 Å². The van der Waals surface area contributed by atoms with Crippen molar-refractivity contribution < 1.29 is 17.6 Å². The first kappa shape index (κ1) is 16.6. The summed E-state index contributed by atoms with van der Waals surface area (Å²) in [6.45, 7) is 4.69. The van der Waals surface area contributed by atoms with Gasteiger partial charge in [0.05, 0.1) is 4.90 Å². The van der Waals surface area contributed by atoms with Gasteiger partial charge in [0.25, 0.3) is 10.0 Å². The Morgan fingerprint density at radius 3 is 2.35 bits per heavy atom. The standard InChI is InChI=1S/C15H15N3O4S/c1-9-10(2)22-15(14(9)8-16)18-23(20,21)13-6-4-12(5-7-13)17-11(3)19/h4-7,18H,1-3H3,(H,17,19). The minimum Gasteiger partial charge on any atom is -0.443 e. The number of nitrogens with one attached hydrogen (secondary N) is 2. The zero-order valence-electron chi connectivity index (χ0n) is 12.8. The van der Waals surface area contributed by atoms with E-state index in [1.165, 1.54) is 31.2 Å². The second kappa shape index (κ2) is 6.14. The van der Waals surface area contributed by atoms with Crippen LogP contribution in [0.4, 0.5) is 11.6 Å². The second-order valence-electron chi connectivity index (χ2n) is 4.91. The average Bonchev–Trinajstić information content (AvgIpc) is 2.72. The van der Waals surface area contributed by atoms with Crippen LogP contribution < -0.4 is 10.0 Å². The molecule has 2 aromatic rings. The molecule has 0 saturated carbocycles. The van der Waals surface area contributed by atoms with Gasteiger partial charge in [0.2, 0.25) is 11.8 Å². The molecule has 2 rings (SSSR count). The van der Waals surface area contributed by atoms with Crippen LogP contribution in [0.1, 0.15) is 23.8 Å². The number of carbonyl (C=O) groups is 1. The molecule has 1 heterocycles. The van der Waals surface area contributed by atoms with E-state index >= 15 is 0 Å². The van der Waals surface area contributed by atoms with E-state index in [4.69, 9.17) is 9.68 Å². The summed E-state index contributed by atoms with van der Waals surface area (Å²) in [4.78, 5) is 10.9. The van der Waals surface area contributed by atoms with Gasteiger partial charge in [0.1, 0.15) is 17.4 Å². The topological polar surface area (TPSA) is 112 Å². The highest BCUT2D eigenvalue weighted by Gasteiger charge is 2.21. The monoisotopic (exact) mass is 333 g/mol. The highest BCUT2D eigenvalue weighted by atomic mass is 32.2. The maximum atomic E-state index is 12.4. The summed E-state index contributed by atoms with van der Waals surface area (Å²) in [5.41, 5.74) is 1.23. The van der Waals surface area contributed by atoms with Crippen molar-refractivity contribution in [2.75, 3.05) is 10.0 Å². The Morgan fingerprint density at radius 2 is 1.83 bits per heavy atom. The first-order chi connectivity index (χ1) is 10.7. The third-order valence-corrected chi connectivity index (χ3v) is 4.56. The van der Waals surface area contributed by atoms with Crippen molar-refractivity contribution in [1.29, 1.82) is 5.26 Å². The largest absolute Gasteiger partial charge is 0.443 e. The SMILES string of the molecule is CC(=O)Nc1ccc(S(=O)(=O)Nc2oc(C)c(C)c2C#N)cc1. The van der Waals surface area contributed by atoms with Gasteiger partial charge in [-0.2, -0.15) is 5.26 Å². The molecule has 0 aliphatic carbocycles. The third-order valence-electron chi connectivity index (χ3n) is 3.21. The molecule has 0 spiro atoms. The molecule has 1 aromatic carbocycles. The molecule has 2 N–H and O–H groups in total. The smallest absolute Gasteiger partial charge is 0.264 e. The number of amides is 1. The second-order valence-corrected chi connectivity index (χ2v) is 6.59. The molecule has 0 saturated heterocycles. The Balaban J connectivity index is 2.31. The molecule has 0 atom stereocenters. The van der Waals surface area contributed by atoms with Crippen LogP contribution in [-0.2, 0) is 14.8 Å². The van der Waals surface area contributed by atoms with Crippen molar-refractivity contribution in [2.45, 2.75) is 25.7 Å². The van der Waals surface area contributed by atoms with Gasteiger partial charge in [-0.15, -0.1) is 0 Å². The van der Waals surface area contributed by atoms with Crippen molar-refractivity contribution >= 4 is 27.5 Å². The molecular formula is C15H15N3O4S. The van der Waals surface area contributed by atoms with E-state index in [-0.39, 0.29) is 22.3 Å². The summed E-state index contributed by atoms with van der Waals surface area (Å²) in [7, 11) is -3.90. The fourth-order valence-corrected chi connectivity index (χ4v) is 2.94. The van der Waals surface area contributed by atoms with Crippen LogP contribution in [0.3, 0.4) is 0 Å². The van der Waals surface area contributed by atoms with E-state index in [1.54, 1.807) is 13.8 Å². The summed E-state index contributed by atoms with van der Waals surface area (Å²) in [5.74, 6) is 0.118. The first-order valence-electron chi connectivity index (χ1n) is 6.65. The lowest BCUT2D eigenvalue weighted by Gasteiger charge is -2.07. The number of anilines is 2. The van der Waals surface area contributed by atoms with Crippen molar-refractivity contribution in [3.05, 3.63) is 41.2 Å². The Bertz CT molecular complexity index is 890. The van der Waals surface area contributed by atoms with E-state index in [0.717, 1.165) is 0 Å². The molecule has 0 aliphatic heterocycles. The number of furan rings is 1. The van der Waals surface area contributed by atoms with E-state index < -0.39 is 10.0 Å². The molecule has 0 radical (unpaired) electrons. The summed E-state index contributed by atoms with van der Waals surface area (Å²) in [6.07, 6.45) is 0. The predicted octanol–water partition coefficient (Wildman–Crippen LogP) is 2.53. The van der Waals surface area contributed by atoms with E-state index in [9.17, 15) is 13.2 Å². The van der Waals surface area contributed by atoms with Gasteiger partial charge in [0.15, 0.2) is 0 Å². The first-order valence-corrected chi connectivity index (χ1v) is 8.13. The van der Waals surface area contributed by atoms with Crippen LogP contribution >= 0.6 is 0 Å². The maximum Gasteiger partial charge on any atom is 0.264 e. The quantitative estimate of drug-likeness (QED) is 0.893. The van der Waals surface area contributed by atoms with Crippen molar-refractivity contribution in [3.8, 4) is 6.07 Å². The highest BCUT2D eigenvalue weighted by Crippen LogP contribution is 2.27. The Morgan fingerprint density at radius 1 is 1.22 bits per heavy atom. The number of sulfonamides is 1. The van der Waals surface area contributed by atoms with Crippen molar-refractivity contribution in [1.82, 2.24) is 0 Å². The summed E-state index contributed by atoms with van der Waals surface area (Å²) < 4.78 is 32.3. The van der Waals surface area contributed by atoms with Crippen molar-refractivity contribution in [3.63, 3.8) is 0 Å². The molecule has 0 unspecified atom stereocenters. The molecule has 0 fully saturated rings. The van der Waals surface area contributed by atoms with Crippen LogP contribution in [0.15, 0.2) is 33.6 Å². The van der Waals surface area contributed by atoms with Gasteiger partial charge >= 0.3 is 0 Å². The molecule has 1 amide bonds. The Labute approximate surface area is 134 Å².